The smallest absolute Gasteiger partial charge is 0.338 e. The zero-order valence-electron chi connectivity index (χ0n) is 15.4. The van der Waals surface area contributed by atoms with Crippen molar-refractivity contribution in [2.24, 2.45) is 0 Å². The van der Waals surface area contributed by atoms with Crippen LogP contribution in [0, 0.1) is 29.1 Å². The van der Waals surface area contributed by atoms with Gasteiger partial charge in [-0.15, -0.1) is 0 Å². The van der Waals surface area contributed by atoms with Crippen molar-refractivity contribution in [2.45, 2.75) is 33.0 Å². The predicted molar refractivity (Wildman–Crippen MR) is 92.3 cm³/mol. The first-order valence-electron chi connectivity index (χ1n) is 8.42. The average molecular weight is 416 g/mol. The number of urea groups is 1. The minimum atomic E-state index is -2.29. The van der Waals surface area contributed by atoms with Gasteiger partial charge in [0.1, 0.15) is 6.61 Å². The molecule has 0 spiro atoms. The number of nitrogens with one attached hydrogen (secondary N) is 2. The second kappa shape index (κ2) is 9.35. The Morgan fingerprint density at radius 1 is 0.897 bits per heavy atom. The molecule has 0 aliphatic heterocycles. The van der Waals surface area contributed by atoms with Crippen molar-refractivity contribution in [2.75, 3.05) is 0 Å². The van der Waals surface area contributed by atoms with Gasteiger partial charge in [-0.2, -0.15) is 0 Å². The van der Waals surface area contributed by atoms with Crippen LogP contribution >= 0.6 is 0 Å². The molecule has 0 aliphatic carbocycles. The number of carbonyl (C=O) groups is 2. The summed E-state index contributed by atoms with van der Waals surface area (Å²) in [5.41, 5.74) is -0.601. The molecular weight excluding hydrogens is 399 g/mol. The van der Waals surface area contributed by atoms with E-state index < -0.39 is 47.2 Å². The van der Waals surface area contributed by atoms with Gasteiger partial charge in [0.15, 0.2) is 23.3 Å². The fourth-order valence-electron chi connectivity index (χ4n) is 2.25. The molecule has 5 nitrogen and oxygen atoms in total. The SMILES string of the molecule is CC(C)NC(=O)NCc1ccc(C(=O)OCc2c(F)c(F)c(F)c(F)c2F)cc1. The molecular formula is C19H17F5N2O3. The first kappa shape index (κ1) is 22.1. The van der Waals surface area contributed by atoms with Crippen molar-refractivity contribution in [1.82, 2.24) is 10.6 Å². The highest BCUT2D eigenvalue weighted by Crippen LogP contribution is 2.24. The molecule has 0 bridgehead atoms. The van der Waals surface area contributed by atoms with Gasteiger partial charge < -0.3 is 15.4 Å². The molecule has 0 aromatic heterocycles. The molecule has 0 aliphatic rings. The first-order valence-corrected chi connectivity index (χ1v) is 8.42. The zero-order chi connectivity index (χ0) is 21.7. The summed E-state index contributed by atoms with van der Waals surface area (Å²) in [7, 11) is 0. The summed E-state index contributed by atoms with van der Waals surface area (Å²) in [5.74, 6) is -11.7. The summed E-state index contributed by atoms with van der Waals surface area (Å²) in [5, 5.41) is 5.24. The Balaban J connectivity index is 1.99. The van der Waals surface area contributed by atoms with E-state index in [1.54, 1.807) is 13.8 Å². The summed E-state index contributed by atoms with van der Waals surface area (Å²) < 4.78 is 71.1. The lowest BCUT2D eigenvalue weighted by Gasteiger charge is -2.11. The van der Waals surface area contributed by atoms with Crippen molar-refractivity contribution in [3.05, 3.63) is 70.0 Å². The van der Waals surface area contributed by atoms with Crippen LogP contribution in [0.1, 0.15) is 35.3 Å². The van der Waals surface area contributed by atoms with Crippen LogP contribution in [-0.4, -0.2) is 18.0 Å². The fourth-order valence-corrected chi connectivity index (χ4v) is 2.25. The second-order valence-electron chi connectivity index (χ2n) is 6.30. The zero-order valence-corrected chi connectivity index (χ0v) is 15.4. The second-order valence-corrected chi connectivity index (χ2v) is 6.30. The van der Waals surface area contributed by atoms with Gasteiger partial charge in [-0.1, -0.05) is 12.1 Å². The van der Waals surface area contributed by atoms with E-state index in [1.165, 1.54) is 24.3 Å². The highest BCUT2D eigenvalue weighted by Gasteiger charge is 2.26. The standard InChI is InChI=1S/C19H17F5N2O3/c1-9(2)26-19(28)25-7-10-3-5-11(6-4-10)18(27)29-8-12-13(20)15(22)17(24)16(23)14(12)21/h3-6,9H,7-8H2,1-2H3,(H2,25,26,28). The number of hydrogen-bond donors (Lipinski definition) is 2. The van der Waals surface area contributed by atoms with Crippen LogP contribution < -0.4 is 10.6 Å². The van der Waals surface area contributed by atoms with E-state index in [2.05, 4.69) is 15.4 Å². The number of amides is 2. The lowest BCUT2D eigenvalue weighted by Crippen LogP contribution is -2.39. The molecule has 0 saturated carbocycles. The van der Waals surface area contributed by atoms with Gasteiger partial charge in [0.2, 0.25) is 5.82 Å². The molecule has 10 heteroatoms. The molecule has 2 aromatic carbocycles. The third-order valence-electron chi connectivity index (χ3n) is 3.71. The summed E-state index contributed by atoms with van der Waals surface area (Å²) in [6, 6.07) is 5.27. The fraction of sp³-hybridized carbons (Fsp3) is 0.263. The lowest BCUT2D eigenvalue weighted by atomic mass is 10.1. The Labute approximate surface area is 162 Å². The van der Waals surface area contributed by atoms with Crippen LogP contribution in [0.3, 0.4) is 0 Å². The number of benzene rings is 2. The van der Waals surface area contributed by atoms with E-state index in [1.807, 2.05) is 0 Å². The molecule has 2 amide bonds. The Bertz CT molecular complexity index is 888. The third kappa shape index (κ3) is 5.43. The molecule has 2 rings (SSSR count). The third-order valence-corrected chi connectivity index (χ3v) is 3.71. The molecule has 0 atom stereocenters. The van der Waals surface area contributed by atoms with Gasteiger partial charge in [-0.25, -0.2) is 31.5 Å². The lowest BCUT2D eigenvalue weighted by molar-refractivity contribution is 0.0462. The summed E-state index contributed by atoms with van der Waals surface area (Å²) in [6.07, 6.45) is 0. The molecule has 156 valence electrons. The minimum Gasteiger partial charge on any atom is -0.457 e. The van der Waals surface area contributed by atoms with Crippen molar-refractivity contribution in [1.29, 1.82) is 0 Å². The van der Waals surface area contributed by atoms with Crippen LogP contribution in [0.2, 0.25) is 0 Å². The summed E-state index contributed by atoms with van der Waals surface area (Å²) in [6.45, 7) is 2.64. The Morgan fingerprint density at radius 3 is 1.93 bits per heavy atom. The summed E-state index contributed by atoms with van der Waals surface area (Å²) >= 11 is 0. The highest BCUT2D eigenvalue weighted by molar-refractivity contribution is 5.89. The van der Waals surface area contributed by atoms with E-state index in [0.29, 0.717) is 5.56 Å². The molecule has 0 radical (unpaired) electrons. The largest absolute Gasteiger partial charge is 0.457 e. The maximum absolute atomic E-state index is 13.6. The van der Waals surface area contributed by atoms with Crippen molar-refractivity contribution < 1.29 is 36.3 Å². The monoisotopic (exact) mass is 416 g/mol. The quantitative estimate of drug-likeness (QED) is 0.324. The van der Waals surface area contributed by atoms with Gasteiger partial charge >= 0.3 is 12.0 Å². The van der Waals surface area contributed by atoms with Gasteiger partial charge in [-0.05, 0) is 31.5 Å². The maximum atomic E-state index is 13.6. The molecule has 0 unspecified atom stereocenters. The molecule has 0 saturated heterocycles. The minimum absolute atomic E-state index is 0.00995. The van der Waals surface area contributed by atoms with E-state index >= 15 is 0 Å². The van der Waals surface area contributed by atoms with Crippen LogP contribution in [0.25, 0.3) is 0 Å². The van der Waals surface area contributed by atoms with Gasteiger partial charge in [-0.3, -0.25) is 0 Å². The van der Waals surface area contributed by atoms with Gasteiger partial charge in [0, 0.05) is 12.6 Å². The van der Waals surface area contributed by atoms with E-state index in [9.17, 15) is 31.5 Å². The number of esters is 1. The average Bonchev–Trinajstić information content (AvgIpc) is 2.69. The topological polar surface area (TPSA) is 67.4 Å². The Morgan fingerprint density at radius 2 is 1.41 bits per heavy atom. The van der Waals surface area contributed by atoms with E-state index in [-0.39, 0.29) is 24.2 Å². The van der Waals surface area contributed by atoms with E-state index in [4.69, 9.17) is 0 Å². The van der Waals surface area contributed by atoms with Crippen LogP contribution in [0.15, 0.2) is 24.3 Å². The highest BCUT2D eigenvalue weighted by atomic mass is 19.2. The van der Waals surface area contributed by atoms with Crippen LogP contribution in [-0.2, 0) is 17.9 Å². The van der Waals surface area contributed by atoms with Crippen molar-refractivity contribution in [3.63, 3.8) is 0 Å². The van der Waals surface area contributed by atoms with Crippen LogP contribution in [0.5, 0.6) is 0 Å². The number of ether oxygens (including phenoxy) is 1. The number of carbonyl (C=O) groups excluding carboxylic acids is 2. The maximum Gasteiger partial charge on any atom is 0.338 e. The molecule has 0 fully saturated rings. The Kier molecular flexibility index (Phi) is 7.13. The number of hydrogen-bond acceptors (Lipinski definition) is 3. The molecule has 2 aromatic rings. The van der Waals surface area contributed by atoms with Gasteiger partial charge in [0.05, 0.1) is 11.1 Å². The number of rotatable bonds is 6. The van der Waals surface area contributed by atoms with Crippen molar-refractivity contribution >= 4 is 12.0 Å². The van der Waals surface area contributed by atoms with E-state index in [0.717, 1.165) is 0 Å². The predicted octanol–water partition coefficient (Wildman–Crippen LogP) is 3.95. The Hall–Kier alpha value is -3.17. The summed E-state index contributed by atoms with van der Waals surface area (Å²) in [4.78, 5) is 23.5. The van der Waals surface area contributed by atoms with Crippen molar-refractivity contribution in [3.8, 4) is 0 Å². The molecule has 0 heterocycles. The normalized spacial score (nSPS) is 10.8. The van der Waals surface area contributed by atoms with Gasteiger partial charge in [0.25, 0.3) is 0 Å². The number of halogens is 5. The molecule has 29 heavy (non-hydrogen) atoms. The molecule has 2 N–H and O–H groups in total. The van der Waals surface area contributed by atoms with Crippen LogP contribution in [0.4, 0.5) is 26.7 Å². The first-order chi connectivity index (χ1) is 13.6.